The SMILES string of the molecule is Cc1ccc2c(c1)NC(c1ccccc1)C(C)O2. The van der Waals surface area contributed by atoms with Crippen LogP contribution < -0.4 is 10.1 Å². The largest absolute Gasteiger partial charge is 0.486 e. The highest BCUT2D eigenvalue weighted by Crippen LogP contribution is 2.37. The first-order chi connectivity index (χ1) is 8.74. The molecule has 0 saturated heterocycles. The van der Waals surface area contributed by atoms with E-state index in [2.05, 4.69) is 55.6 Å². The molecular weight excluding hydrogens is 222 g/mol. The van der Waals surface area contributed by atoms with E-state index in [-0.39, 0.29) is 12.1 Å². The van der Waals surface area contributed by atoms with Crippen LogP contribution in [0, 0.1) is 6.92 Å². The first kappa shape index (κ1) is 11.1. The normalized spacial score (nSPS) is 21.7. The van der Waals surface area contributed by atoms with Gasteiger partial charge in [-0.05, 0) is 37.1 Å². The topological polar surface area (TPSA) is 21.3 Å². The van der Waals surface area contributed by atoms with E-state index in [1.807, 2.05) is 12.1 Å². The lowest BCUT2D eigenvalue weighted by atomic mass is 10.00. The van der Waals surface area contributed by atoms with Gasteiger partial charge in [0, 0.05) is 0 Å². The Kier molecular flexibility index (Phi) is 2.71. The molecule has 2 aromatic carbocycles. The molecule has 1 aliphatic heterocycles. The molecule has 0 fully saturated rings. The van der Waals surface area contributed by atoms with Crippen LogP contribution in [0.1, 0.15) is 24.1 Å². The predicted molar refractivity (Wildman–Crippen MR) is 74.1 cm³/mol. The maximum absolute atomic E-state index is 5.99. The molecule has 0 spiro atoms. The Labute approximate surface area is 108 Å². The Balaban J connectivity index is 1.96. The average molecular weight is 239 g/mol. The summed E-state index contributed by atoms with van der Waals surface area (Å²) in [5.41, 5.74) is 3.59. The van der Waals surface area contributed by atoms with Gasteiger partial charge in [0.2, 0.25) is 0 Å². The predicted octanol–water partition coefficient (Wildman–Crippen LogP) is 3.93. The maximum atomic E-state index is 5.99. The summed E-state index contributed by atoms with van der Waals surface area (Å²) in [7, 11) is 0. The zero-order chi connectivity index (χ0) is 12.5. The van der Waals surface area contributed by atoms with Gasteiger partial charge in [-0.2, -0.15) is 0 Å². The van der Waals surface area contributed by atoms with Gasteiger partial charge in [-0.15, -0.1) is 0 Å². The first-order valence-electron chi connectivity index (χ1n) is 6.33. The highest BCUT2D eigenvalue weighted by atomic mass is 16.5. The fourth-order valence-corrected chi connectivity index (χ4v) is 2.43. The van der Waals surface area contributed by atoms with E-state index in [0.29, 0.717) is 0 Å². The Morgan fingerprint density at radius 2 is 1.83 bits per heavy atom. The number of aryl methyl sites for hydroxylation is 1. The van der Waals surface area contributed by atoms with Crippen molar-refractivity contribution in [2.24, 2.45) is 0 Å². The molecule has 2 unspecified atom stereocenters. The van der Waals surface area contributed by atoms with Crippen LogP contribution >= 0.6 is 0 Å². The Bertz CT molecular complexity index is 550. The standard InChI is InChI=1S/C16H17NO/c1-11-8-9-15-14(10-11)17-16(12(2)18-15)13-6-4-3-5-7-13/h3-10,12,16-17H,1-2H3. The second-order valence-electron chi connectivity index (χ2n) is 4.86. The number of benzene rings is 2. The van der Waals surface area contributed by atoms with Crippen molar-refractivity contribution in [3.05, 3.63) is 59.7 Å². The van der Waals surface area contributed by atoms with Crippen molar-refractivity contribution in [2.75, 3.05) is 5.32 Å². The molecule has 0 bridgehead atoms. The lowest BCUT2D eigenvalue weighted by Gasteiger charge is -2.33. The van der Waals surface area contributed by atoms with Crippen LogP contribution in [0.4, 0.5) is 5.69 Å². The summed E-state index contributed by atoms with van der Waals surface area (Å²) in [6.07, 6.45) is 0.127. The molecule has 0 aromatic heterocycles. The zero-order valence-electron chi connectivity index (χ0n) is 10.7. The Morgan fingerprint density at radius 1 is 1.06 bits per heavy atom. The first-order valence-corrected chi connectivity index (χ1v) is 6.33. The van der Waals surface area contributed by atoms with Gasteiger partial charge in [0.05, 0.1) is 11.7 Å². The molecule has 0 aliphatic carbocycles. The summed E-state index contributed by atoms with van der Waals surface area (Å²) in [6, 6.07) is 16.9. The fraction of sp³-hybridized carbons (Fsp3) is 0.250. The van der Waals surface area contributed by atoms with E-state index in [4.69, 9.17) is 4.74 Å². The zero-order valence-corrected chi connectivity index (χ0v) is 10.7. The van der Waals surface area contributed by atoms with Crippen LogP contribution in [0.25, 0.3) is 0 Å². The van der Waals surface area contributed by atoms with E-state index >= 15 is 0 Å². The van der Waals surface area contributed by atoms with Crippen LogP contribution in [-0.4, -0.2) is 6.10 Å². The Hall–Kier alpha value is -1.96. The van der Waals surface area contributed by atoms with Gasteiger partial charge in [0.15, 0.2) is 0 Å². The molecule has 0 radical (unpaired) electrons. The number of ether oxygens (including phenoxy) is 1. The second-order valence-corrected chi connectivity index (χ2v) is 4.86. The van der Waals surface area contributed by atoms with Gasteiger partial charge in [0.25, 0.3) is 0 Å². The molecule has 18 heavy (non-hydrogen) atoms. The molecule has 2 heteroatoms. The van der Waals surface area contributed by atoms with E-state index in [1.54, 1.807) is 0 Å². The molecule has 2 nitrogen and oxygen atoms in total. The highest BCUT2D eigenvalue weighted by molar-refractivity contribution is 5.61. The van der Waals surface area contributed by atoms with Crippen molar-refractivity contribution in [3.63, 3.8) is 0 Å². The lowest BCUT2D eigenvalue weighted by molar-refractivity contribution is 0.188. The molecule has 3 rings (SSSR count). The molecule has 0 saturated carbocycles. The monoisotopic (exact) mass is 239 g/mol. The van der Waals surface area contributed by atoms with Crippen LogP contribution in [0.15, 0.2) is 48.5 Å². The maximum Gasteiger partial charge on any atom is 0.142 e. The van der Waals surface area contributed by atoms with Crippen LogP contribution in [0.5, 0.6) is 5.75 Å². The minimum atomic E-state index is 0.127. The number of anilines is 1. The number of fused-ring (bicyclic) bond motifs is 1. The summed E-state index contributed by atoms with van der Waals surface area (Å²) in [5, 5.41) is 3.58. The van der Waals surface area contributed by atoms with E-state index in [0.717, 1.165) is 11.4 Å². The van der Waals surface area contributed by atoms with Gasteiger partial charge in [0.1, 0.15) is 11.9 Å². The molecular formula is C16H17NO. The summed E-state index contributed by atoms with van der Waals surface area (Å²) in [5.74, 6) is 0.945. The van der Waals surface area contributed by atoms with Gasteiger partial charge in [-0.3, -0.25) is 0 Å². The Morgan fingerprint density at radius 3 is 2.61 bits per heavy atom. The summed E-state index contributed by atoms with van der Waals surface area (Å²) in [4.78, 5) is 0. The third-order valence-electron chi connectivity index (χ3n) is 3.39. The van der Waals surface area contributed by atoms with Crippen molar-refractivity contribution >= 4 is 5.69 Å². The minimum Gasteiger partial charge on any atom is -0.486 e. The lowest BCUT2D eigenvalue weighted by Crippen LogP contribution is -2.32. The molecule has 92 valence electrons. The van der Waals surface area contributed by atoms with Gasteiger partial charge in [-0.25, -0.2) is 0 Å². The number of nitrogens with one attached hydrogen (secondary N) is 1. The molecule has 1 N–H and O–H groups in total. The molecule has 0 amide bonds. The van der Waals surface area contributed by atoms with Crippen LogP contribution in [0.3, 0.4) is 0 Å². The van der Waals surface area contributed by atoms with Gasteiger partial charge < -0.3 is 10.1 Å². The molecule has 2 atom stereocenters. The molecule has 1 aliphatic rings. The second kappa shape index (κ2) is 4.37. The third-order valence-corrected chi connectivity index (χ3v) is 3.39. The van der Waals surface area contributed by atoms with Crippen molar-refractivity contribution < 1.29 is 4.74 Å². The summed E-state index contributed by atoms with van der Waals surface area (Å²) < 4.78 is 5.99. The van der Waals surface area contributed by atoms with Gasteiger partial charge >= 0.3 is 0 Å². The smallest absolute Gasteiger partial charge is 0.142 e. The van der Waals surface area contributed by atoms with Crippen molar-refractivity contribution in [3.8, 4) is 5.75 Å². The fourth-order valence-electron chi connectivity index (χ4n) is 2.43. The number of hydrogen-bond acceptors (Lipinski definition) is 2. The number of rotatable bonds is 1. The molecule has 2 aromatic rings. The average Bonchev–Trinajstić information content (AvgIpc) is 2.39. The highest BCUT2D eigenvalue weighted by Gasteiger charge is 2.27. The van der Waals surface area contributed by atoms with E-state index in [1.165, 1.54) is 11.1 Å². The van der Waals surface area contributed by atoms with Crippen LogP contribution in [-0.2, 0) is 0 Å². The van der Waals surface area contributed by atoms with Crippen molar-refractivity contribution in [2.45, 2.75) is 26.0 Å². The van der Waals surface area contributed by atoms with Gasteiger partial charge in [-0.1, -0.05) is 36.4 Å². The van der Waals surface area contributed by atoms with Crippen molar-refractivity contribution in [1.29, 1.82) is 0 Å². The third kappa shape index (κ3) is 1.94. The number of hydrogen-bond donors (Lipinski definition) is 1. The van der Waals surface area contributed by atoms with Crippen LogP contribution in [0.2, 0.25) is 0 Å². The van der Waals surface area contributed by atoms with E-state index in [9.17, 15) is 0 Å². The van der Waals surface area contributed by atoms with Crippen molar-refractivity contribution in [1.82, 2.24) is 0 Å². The quantitative estimate of drug-likeness (QED) is 0.814. The summed E-state index contributed by atoms with van der Waals surface area (Å²) in [6.45, 7) is 4.20. The molecule has 1 heterocycles. The minimum absolute atomic E-state index is 0.127. The summed E-state index contributed by atoms with van der Waals surface area (Å²) >= 11 is 0. The van der Waals surface area contributed by atoms with E-state index < -0.39 is 0 Å².